The Morgan fingerprint density at radius 3 is 2.74 bits per heavy atom. The number of nitrogens with zero attached hydrogens (tertiary/aromatic N) is 4. The lowest BCUT2D eigenvalue weighted by atomic mass is 10.1. The number of benzene rings is 2. The molecule has 1 aromatic heterocycles. The van der Waals surface area contributed by atoms with Crippen LogP contribution in [0.3, 0.4) is 0 Å². The van der Waals surface area contributed by atoms with Gasteiger partial charge in [-0.05, 0) is 53.2 Å². The number of amides is 3. The Kier molecular flexibility index (Phi) is 7.31. The molecule has 0 saturated carbocycles. The highest BCUT2D eigenvalue weighted by Crippen LogP contribution is 2.34. The first-order valence-corrected chi connectivity index (χ1v) is 12.8. The predicted octanol–water partition coefficient (Wildman–Crippen LogP) is 5.17. The lowest BCUT2D eigenvalue weighted by Crippen LogP contribution is -2.53. The van der Waals surface area contributed by atoms with E-state index in [0.29, 0.717) is 22.0 Å². The van der Waals surface area contributed by atoms with Crippen molar-refractivity contribution in [1.82, 2.24) is 19.6 Å². The van der Waals surface area contributed by atoms with Crippen molar-refractivity contribution in [3.63, 3.8) is 0 Å². The molecule has 0 aliphatic carbocycles. The first kappa shape index (κ1) is 27.0. The SMILES string of the molecule is O=C1SC(=Cc2ccc3c(cnn3Cc3ccc(C(F)(F)F)cc3Cl)c2)C(=O)N1C[C@@H]1COCCN1C(=O)O. The third kappa shape index (κ3) is 5.60. The molecule has 2 aliphatic heterocycles. The van der Waals surface area contributed by atoms with E-state index in [9.17, 15) is 32.7 Å². The zero-order valence-corrected chi connectivity index (χ0v) is 21.6. The second-order valence-electron chi connectivity index (χ2n) is 8.92. The highest BCUT2D eigenvalue weighted by molar-refractivity contribution is 8.18. The first-order chi connectivity index (χ1) is 18.5. The Labute approximate surface area is 228 Å². The summed E-state index contributed by atoms with van der Waals surface area (Å²) in [5.41, 5.74) is 0.967. The summed E-state index contributed by atoms with van der Waals surface area (Å²) in [6, 6.07) is 7.77. The van der Waals surface area contributed by atoms with Crippen LogP contribution < -0.4 is 0 Å². The second-order valence-corrected chi connectivity index (χ2v) is 10.3. The summed E-state index contributed by atoms with van der Waals surface area (Å²) >= 11 is 6.86. The fourth-order valence-corrected chi connectivity index (χ4v) is 5.50. The number of hydrogen-bond acceptors (Lipinski definition) is 6. The highest BCUT2D eigenvalue weighted by atomic mass is 35.5. The number of halogens is 4. The number of thioether (sulfide) groups is 1. The van der Waals surface area contributed by atoms with Crippen LogP contribution in [0, 0.1) is 0 Å². The normalized spacial score (nSPS) is 19.5. The van der Waals surface area contributed by atoms with Crippen LogP contribution in [-0.2, 0) is 22.3 Å². The van der Waals surface area contributed by atoms with E-state index in [1.54, 1.807) is 35.2 Å². The van der Waals surface area contributed by atoms with Crippen molar-refractivity contribution in [1.29, 1.82) is 0 Å². The molecule has 5 rings (SSSR count). The molecule has 3 aromatic rings. The Morgan fingerprint density at radius 1 is 1.23 bits per heavy atom. The number of hydrogen-bond donors (Lipinski definition) is 1. The lowest BCUT2D eigenvalue weighted by Gasteiger charge is -2.34. The van der Waals surface area contributed by atoms with E-state index in [-0.39, 0.29) is 42.8 Å². The number of imide groups is 1. The summed E-state index contributed by atoms with van der Waals surface area (Å²) in [6.45, 7) is 0.543. The molecule has 2 fully saturated rings. The van der Waals surface area contributed by atoms with Gasteiger partial charge >= 0.3 is 12.3 Å². The van der Waals surface area contributed by atoms with Crippen LogP contribution in [0.15, 0.2) is 47.5 Å². The second kappa shape index (κ2) is 10.5. The van der Waals surface area contributed by atoms with E-state index >= 15 is 0 Å². The zero-order chi connectivity index (χ0) is 27.9. The van der Waals surface area contributed by atoms with Gasteiger partial charge in [0, 0.05) is 17.0 Å². The quantitative estimate of drug-likeness (QED) is 0.415. The number of morpholine rings is 1. The molecule has 39 heavy (non-hydrogen) atoms. The summed E-state index contributed by atoms with van der Waals surface area (Å²) in [5.74, 6) is -0.520. The van der Waals surface area contributed by atoms with Crippen LogP contribution >= 0.6 is 23.4 Å². The van der Waals surface area contributed by atoms with Gasteiger partial charge in [0.1, 0.15) is 0 Å². The minimum Gasteiger partial charge on any atom is -0.465 e. The third-order valence-electron chi connectivity index (χ3n) is 6.40. The zero-order valence-electron chi connectivity index (χ0n) is 20.0. The van der Waals surface area contributed by atoms with Gasteiger partial charge in [-0.2, -0.15) is 18.3 Å². The van der Waals surface area contributed by atoms with E-state index in [1.165, 1.54) is 11.0 Å². The minimum atomic E-state index is -4.49. The van der Waals surface area contributed by atoms with E-state index in [4.69, 9.17) is 16.3 Å². The molecule has 1 N–H and O–H groups in total. The standard InChI is InChI=1S/C25H20ClF3N4O5S/c26-19-9-17(25(27,28)29)3-2-15(19)11-33-20-4-1-14(7-16(20)10-30-33)8-21-22(34)32(24(37)39-21)12-18-13-38-6-5-31(18)23(35)36/h1-4,7-10,18H,5-6,11-13H2,(H,35,36)/t18-/m1/s1. The summed E-state index contributed by atoms with van der Waals surface area (Å²) < 4.78 is 45.7. The van der Waals surface area contributed by atoms with Crippen molar-refractivity contribution < 1.29 is 37.4 Å². The molecule has 9 nitrogen and oxygen atoms in total. The average Bonchev–Trinajstić information content (AvgIpc) is 3.40. The lowest BCUT2D eigenvalue weighted by molar-refractivity contribution is -0.137. The Morgan fingerprint density at radius 2 is 2.03 bits per heavy atom. The maximum Gasteiger partial charge on any atom is 0.416 e. The summed E-state index contributed by atoms with van der Waals surface area (Å²) in [4.78, 5) is 39.4. The largest absolute Gasteiger partial charge is 0.465 e. The molecule has 0 radical (unpaired) electrons. The smallest absolute Gasteiger partial charge is 0.416 e. The number of alkyl halides is 3. The molecular formula is C25H20ClF3N4O5S. The molecule has 2 aromatic carbocycles. The molecule has 14 heteroatoms. The topological polar surface area (TPSA) is 105 Å². The van der Waals surface area contributed by atoms with Crippen LogP contribution in [0.2, 0.25) is 5.02 Å². The maximum absolute atomic E-state index is 13.0. The number of carbonyl (C=O) groups is 3. The van der Waals surface area contributed by atoms with Gasteiger partial charge < -0.3 is 9.84 Å². The molecule has 0 unspecified atom stereocenters. The van der Waals surface area contributed by atoms with Crippen molar-refractivity contribution in [3.05, 3.63) is 69.2 Å². The van der Waals surface area contributed by atoms with Gasteiger partial charge in [-0.3, -0.25) is 24.1 Å². The van der Waals surface area contributed by atoms with E-state index in [2.05, 4.69) is 5.10 Å². The van der Waals surface area contributed by atoms with Crippen LogP contribution in [0.4, 0.5) is 22.8 Å². The monoisotopic (exact) mass is 580 g/mol. The Bertz CT molecular complexity index is 1510. The van der Waals surface area contributed by atoms with E-state index < -0.39 is 35.0 Å². The van der Waals surface area contributed by atoms with Crippen LogP contribution in [0.1, 0.15) is 16.7 Å². The van der Waals surface area contributed by atoms with Gasteiger partial charge in [0.2, 0.25) is 0 Å². The molecule has 3 heterocycles. The first-order valence-electron chi connectivity index (χ1n) is 11.6. The highest BCUT2D eigenvalue weighted by Gasteiger charge is 2.39. The van der Waals surface area contributed by atoms with Gasteiger partial charge in [0.25, 0.3) is 11.1 Å². The number of carbonyl (C=O) groups excluding carboxylic acids is 2. The van der Waals surface area contributed by atoms with Crippen molar-refractivity contribution in [3.8, 4) is 0 Å². The Hall–Kier alpha value is -3.55. The van der Waals surface area contributed by atoms with Crippen molar-refractivity contribution in [2.75, 3.05) is 26.3 Å². The van der Waals surface area contributed by atoms with Crippen LogP contribution in [0.5, 0.6) is 0 Å². The summed E-state index contributed by atoms with van der Waals surface area (Å²) in [6.07, 6.45) is -2.48. The number of ether oxygens (including phenoxy) is 1. The Balaban J connectivity index is 1.32. The molecule has 0 spiro atoms. The number of fused-ring (bicyclic) bond motifs is 1. The third-order valence-corrected chi connectivity index (χ3v) is 7.66. The minimum absolute atomic E-state index is 0.0212. The average molecular weight is 581 g/mol. The summed E-state index contributed by atoms with van der Waals surface area (Å²) in [7, 11) is 0. The fourth-order valence-electron chi connectivity index (χ4n) is 4.41. The fraction of sp³-hybridized carbons (Fsp3) is 0.280. The summed E-state index contributed by atoms with van der Waals surface area (Å²) in [5, 5.41) is 13.9. The van der Waals surface area contributed by atoms with Gasteiger partial charge in [-0.25, -0.2) is 4.79 Å². The van der Waals surface area contributed by atoms with E-state index in [0.717, 1.165) is 28.8 Å². The molecule has 1 atom stereocenters. The van der Waals surface area contributed by atoms with Crippen LogP contribution in [-0.4, -0.2) is 74.3 Å². The molecule has 0 bridgehead atoms. The molecular weight excluding hydrogens is 561 g/mol. The van der Waals surface area contributed by atoms with Crippen molar-refractivity contribution >= 4 is 57.6 Å². The van der Waals surface area contributed by atoms with Crippen molar-refractivity contribution in [2.24, 2.45) is 0 Å². The number of rotatable bonds is 5. The number of carboxylic acid groups (broad SMARTS) is 1. The number of aromatic nitrogens is 2. The van der Waals surface area contributed by atoms with Crippen molar-refractivity contribution in [2.45, 2.75) is 18.8 Å². The maximum atomic E-state index is 13.0. The van der Waals surface area contributed by atoms with Gasteiger partial charge in [-0.1, -0.05) is 23.7 Å². The van der Waals surface area contributed by atoms with Gasteiger partial charge in [0.05, 0.1) is 54.5 Å². The molecule has 3 amide bonds. The van der Waals surface area contributed by atoms with Gasteiger partial charge in [-0.15, -0.1) is 0 Å². The predicted molar refractivity (Wildman–Crippen MR) is 137 cm³/mol. The van der Waals surface area contributed by atoms with Crippen LogP contribution in [0.25, 0.3) is 17.0 Å². The molecule has 204 valence electrons. The molecule has 2 aliphatic rings. The molecule has 2 saturated heterocycles. The van der Waals surface area contributed by atoms with E-state index in [1.807, 2.05) is 0 Å². The van der Waals surface area contributed by atoms with Gasteiger partial charge in [0.15, 0.2) is 0 Å².